The lowest BCUT2D eigenvalue weighted by atomic mass is 9.87. The van der Waals surface area contributed by atoms with Crippen molar-refractivity contribution in [3.63, 3.8) is 0 Å². The Morgan fingerprint density at radius 1 is 1.50 bits per heavy atom. The third kappa shape index (κ3) is 2.68. The smallest absolute Gasteiger partial charge is 0.229 e. The van der Waals surface area contributed by atoms with Crippen LogP contribution in [-0.2, 0) is 4.79 Å². The van der Waals surface area contributed by atoms with Crippen LogP contribution in [0.2, 0.25) is 0 Å². The van der Waals surface area contributed by atoms with E-state index in [9.17, 15) is 10.0 Å². The summed E-state index contributed by atoms with van der Waals surface area (Å²) in [6.07, 6.45) is 0.887. The fraction of sp³-hybridized carbons (Fsp3) is 0.909. The minimum absolute atomic E-state index is 0.0607. The van der Waals surface area contributed by atoms with E-state index in [1.54, 1.807) is 0 Å². The summed E-state index contributed by atoms with van der Waals surface area (Å²) in [6.45, 7) is 8.71. The van der Waals surface area contributed by atoms with Crippen molar-refractivity contribution < 1.29 is 10.0 Å². The van der Waals surface area contributed by atoms with Crippen LogP contribution >= 0.6 is 22.6 Å². The molecule has 1 amide bonds. The van der Waals surface area contributed by atoms with E-state index in [0.717, 1.165) is 6.42 Å². The van der Waals surface area contributed by atoms with Gasteiger partial charge in [0.15, 0.2) is 0 Å². The summed E-state index contributed by atoms with van der Waals surface area (Å²) in [5.41, 5.74) is -0.509. The molecule has 0 aliphatic carbocycles. The number of amides is 1. The van der Waals surface area contributed by atoms with Gasteiger partial charge in [-0.05, 0) is 40.0 Å². The fourth-order valence-electron chi connectivity index (χ4n) is 2.50. The largest absolute Gasteiger partial charge is 0.355 e. The third-order valence-electron chi connectivity index (χ3n) is 3.53. The molecule has 0 radical (unpaired) electrons. The van der Waals surface area contributed by atoms with E-state index in [0.29, 0.717) is 11.0 Å². The van der Waals surface area contributed by atoms with E-state index in [2.05, 4.69) is 5.32 Å². The van der Waals surface area contributed by atoms with Crippen LogP contribution in [0.25, 0.3) is 0 Å². The molecule has 1 aliphatic rings. The van der Waals surface area contributed by atoms with Crippen LogP contribution in [0.1, 0.15) is 34.1 Å². The van der Waals surface area contributed by atoms with Gasteiger partial charge in [0.1, 0.15) is 0 Å². The zero-order chi connectivity index (χ0) is 12.6. The summed E-state index contributed by atoms with van der Waals surface area (Å²) in [6, 6.07) is 0. The predicted molar refractivity (Wildman–Crippen MR) is 71.8 cm³/mol. The maximum absolute atomic E-state index is 11.2. The SMILES string of the molecule is CC1(C)C[C@H](CNC(=O)CI)C(C)(C)N1O. The summed E-state index contributed by atoms with van der Waals surface area (Å²) in [5.74, 6) is 0.338. The first-order chi connectivity index (χ1) is 7.21. The van der Waals surface area contributed by atoms with Crippen LogP contribution in [0.4, 0.5) is 0 Å². The molecule has 5 heteroatoms. The molecule has 1 rings (SSSR count). The molecular formula is C11H21IN2O2. The van der Waals surface area contributed by atoms with Gasteiger partial charge in [-0.25, -0.2) is 0 Å². The maximum atomic E-state index is 11.2. The molecule has 4 nitrogen and oxygen atoms in total. The Bertz CT molecular complexity index is 279. The molecule has 0 aromatic carbocycles. The van der Waals surface area contributed by atoms with E-state index in [1.807, 2.05) is 50.3 Å². The van der Waals surface area contributed by atoms with Gasteiger partial charge in [0, 0.05) is 17.6 Å². The zero-order valence-corrected chi connectivity index (χ0v) is 12.5. The van der Waals surface area contributed by atoms with Crippen LogP contribution < -0.4 is 5.32 Å². The molecular weight excluding hydrogens is 319 g/mol. The monoisotopic (exact) mass is 340 g/mol. The number of nitrogens with zero attached hydrogens (tertiary/aromatic N) is 1. The van der Waals surface area contributed by atoms with Crippen molar-refractivity contribution in [1.82, 2.24) is 10.4 Å². The molecule has 0 spiro atoms. The molecule has 1 heterocycles. The van der Waals surface area contributed by atoms with Crippen molar-refractivity contribution in [2.75, 3.05) is 11.0 Å². The lowest BCUT2D eigenvalue weighted by molar-refractivity contribution is -0.196. The number of halogens is 1. The van der Waals surface area contributed by atoms with Crippen LogP contribution in [-0.4, -0.2) is 38.2 Å². The fourth-order valence-corrected chi connectivity index (χ4v) is 2.77. The quantitative estimate of drug-likeness (QED) is 0.609. The normalized spacial score (nSPS) is 28.0. The number of carbonyl (C=O) groups is 1. The molecule has 94 valence electrons. The average Bonchev–Trinajstić information content (AvgIpc) is 2.35. The number of hydrogen-bond donors (Lipinski definition) is 2. The van der Waals surface area contributed by atoms with E-state index >= 15 is 0 Å². The Morgan fingerprint density at radius 2 is 2.06 bits per heavy atom. The summed E-state index contributed by atoms with van der Waals surface area (Å²) in [7, 11) is 0. The van der Waals surface area contributed by atoms with E-state index in [1.165, 1.54) is 5.06 Å². The molecule has 1 atom stereocenters. The lowest BCUT2D eigenvalue weighted by Crippen LogP contribution is -2.48. The predicted octanol–water partition coefficient (Wildman–Crippen LogP) is 1.81. The Morgan fingerprint density at radius 3 is 2.44 bits per heavy atom. The minimum Gasteiger partial charge on any atom is -0.355 e. The number of carbonyl (C=O) groups excluding carboxylic acids is 1. The molecule has 0 unspecified atom stereocenters. The van der Waals surface area contributed by atoms with Gasteiger partial charge in [-0.3, -0.25) is 4.79 Å². The van der Waals surface area contributed by atoms with Crippen molar-refractivity contribution in [2.24, 2.45) is 5.92 Å². The van der Waals surface area contributed by atoms with Crippen molar-refractivity contribution in [2.45, 2.75) is 45.2 Å². The van der Waals surface area contributed by atoms with Gasteiger partial charge in [-0.2, -0.15) is 5.06 Å². The summed E-state index contributed by atoms with van der Waals surface area (Å²) < 4.78 is 0.483. The van der Waals surface area contributed by atoms with Gasteiger partial charge in [0.25, 0.3) is 0 Å². The molecule has 0 bridgehead atoms. The molecule has 2 N–H and O–H groups in total. The Kier molecular flexibility index (Phi) is 4.23. The summed E-state index contributed by atoms with van der Waals surface area (Å²) in [4.78, 5) is 11.2. The molecule has 16 heavy (non-hydrogen) atoms. The highest BCUT2D eigenvalue weighted by atomic mass is 127. The highest BCUT2D eigenvalue weighted by Crippen LogP contribution is 2.42. The van der Waals surface area contributed by atoms with Crippen molar-refractivity contribution >= 4 is 28.5 Å². The Hall–Kier alpha value is 0.120. The molecule has 0 aromatic heterocycles. The van der Waals surface area contributed by atoms with Crippen LogP contribution in [0.15, 0.2) is 0 Å². The highest BCUT2D eigenvalue weighted by Gasteiger charge is 2.50. The van der Waals surface area contributed by atoms with Crippen LogP contribution in [0.5, 0.6) is 0 Å². The first kappa shape index (κ1) is 14.2. The number of alkyl halides is 1. The number of rotatable bonds is 3. The Balaban J connectivity index is 2.65. The summed E-state index contributed by atoms with van der Waals surface area (Å²) >= 11 is 2.05. The Labute approximate surface area is 111 Å². The summed E-state index contributed by atoms with van der Waals surface area (Å²) in [5, 5.41) is 14.4. The van der Waals surface area contributed by atoms with Crippen LogP contribution in [0.3, 0.4) is 0 Å². The number of hydroxylamine groups is 2. The minimum atomic E-state index is -0.290. The lowest BCUT2D eigenvalue weighted by Gasteiger charge is -2.36. The highest BCUT2D eigenvalue weighted by molar-refractivity contribution is 14.1. The number of hydrogen-bond acceptors (Lipinski definition) is 3. The zero-order valence-electron chi connectivity index (χ0n) is 10.4. The average molecular weight is 340 g/mol. The van der Waals surface area contributed by atoms with Gasteiger partial charge in [-0.15, -0.1) is 0 Å². The van der Waals surface area contributed by atoms with Crippen LogP contribution in [0, 0.1) is 5.92 Å². The van der Waals surface area contributed by atoms with Gasteiger partial charge < -0.3 is 10.5 Å². The topological polar surface area (TPSA) is 52.6 Å². The second-order valence-electron chi connectivity index (χ2n) is 5.62. The molecule has 1 aliphatic heterocycles. The van der Waals surface area contributed by atoms with E-state index in [-0.39, 0.29) is 22.9 Å². The van der Waals surface area contributed by atoms with Gasteiger partial charge >= 0.3 is 0 Å². The second-order valence-corrected chi connectivity index (χ2v) is 6.38. The molecule has 0 aromatic rings. The van der Waals surface area contributed by atoms with Gasteiger partial charge in [-0.1, -0.05) is 22.6 Å². The van der Waals surface area contributed by atoms with Gasteiger partial charge in [0.05, 0.1) is 4.43 Å². The first-order valence-electron chi connectivity index (χ1n) is 5.53. The van der Waals surface area contributed by atoms with Gasteiger partial charge in [0.2, 0.25) is 5.91 Å². The van der Waals surface area contributed by atoms with E-state index < -0.39 is 0 Å². The standard InChI is InChI=1S/C11H21IN2O2/c1-10(2)5-8(7-13-9(15)6-12)11(3,4)14(10)16/h8,16H,5-7H2,1-4H3,(H,13,15)/t8-/m1/s1. The molecule has 0 saturated carbocycles. The second kappa shape index (κ2) is 4.78. The first-order valence-corrected chi connectivity index (χ1v) is 7.06. The van der Waals surface area contributed by atoms with Crippen molar-refractivity contribution in [1.29, 1.82) is 0 Å². The molecule has 1 saturated heterocycles. The number of nitrogens with one attached hydrogen (secondary N) is 1. The van der Waals surface area contributed by atoms with E-state index in [4.69, 9.17) is 0 Å². The maximum Gasteiger partial charge on any atom is 0.229 e. The third-order valence-corrected chi connectivity index (χ3v) is 4.22. The molecule has 1 fully saturated rings. The van der Waals surface area contributed by atoms with Crippen molar-refractivity contribution in [3.05, 3.63) is 0 Å². The van der Waals surface area contributed by atoms with Crippen molar-refractivity contribution in [3.8, 4) is 0 Å².